The van der Waals surface area contributed by atoms with Crippen LogP contribution in [0.3, 0.4) is 0 Å². The number of halogens is 1. The van der Waals surface area contributed by atoms with Gasteiger partial charge in [0, 0.05) is 13.2 Å². The van der Waals surface area contributed by atoms with E-state index in [9.17, 15) is 4.39 Å². The minimum Gasteiger partial charge on any atom is -0.511 e. The van der Waals surface area contributed by atoms with Crippen LogP contribution >= 0.6 is 0 Å². The van der Waals surface area contributed by atoms with Crippen molar-refractivity contribution in [3.8, 4) is 5.75 Å². The normalized spacial score (nSPS) is 12.1. The molecule has 1 aromatic carbocycles. The Morgan fingerprint density at radius 1 is 0.763 bits per heavy atom. The molecule has 4 nitrogen and oxygen atoms in total. The lowest BCUT2D eigenvalue weighted by Gasteiger charge is -2.42. The van der Waals surface area contributed by atoms with Gasteiger partial charge in [0.05, 0.1) is 25.2 Å². The van der Waals surface area contributed by atoms with E-state index < -0.39 is 7.32 Å². The number of nitrogens with zero attached hydrogens (tertiary/aromatic N) is 1. The van der Waals surface area contributed by atoms with Gasteiger partial charge in [-0.2, -0.15) is 6.42 Å². The minimum absolute atomic E-state index is 0.107. The molecule has 38 heavy (non-hydrogen) atoms. The highest BCUT2D eigenvalue weighted by Gasteiger charge is 2.34. The van der Waals surface area contributed by atoms with Gasteiger partial charge in [0.2, 0.25) is 0 Å². The molecule has 0 radical (unpaired) electrons. The second-order valence-electron chi connectivity index (χ2n) is 10.4. The monoisotopic (exact) mass is 537 g/mol. The quantitative estimate of drug-likeness (QED) is 0.0638. The third-order valence-corrected chi connectivity index (χ3v) is 7.71. The van der Waals surface area contributed by atoms with Crippen LogP contribution in [0.25, 0.3) is 0 Å². The maximum Gasteiger partial charge on any atom is 0.713 e. The third-order valence-electron chi connectivity index (χ3n) is 7.71. The summed E-state index contributed by atoms with van der Waals surface area (Å²) < 4.78 is 33.4. The molecule has 0 aliphatic heterocycles. The van der Waals surface area contributed by atoms with Crippen LogP contribution in [0.1, 0.15) is 137 Å². The summed E-state index contributed by atoms with van der Waals surface area (Å²) in [4.78, 5) is 0. The summed E-state index contributed by atoms with van der Waals surface area (Å²) in [5.41, 5.74) is 0.879. The topological polar surface area (TPSA) is 27.7 Å². The van der Waals surface area contributed by atoms with Crippen molar-refractivity contribution in [2.24, 2.45) is 0 Å². The molecule has 1 unspecified atom stereocenters. The van der Waals surface area contributed by atoms with Crippen molar-refractivity contribution < 1.29 is 22.8 Å². The van der Waals surface area contributed by atoms with Crippen LogP contribution in [0, 0.1) is 12.7 Å². The Labute approximate surface area is 236 Å². The molecule has 0 saturated heterocycles. The summed E-state index contributed by atoms with van der Waals surface area (Å²) in [6.07, 6.45) is 14.1. The fourth-order valence-electron chi connectivity index (χ4n) is 4.80. The molecular formula is C32H61BFNO3. The van der Waals surface area contributed by atoms with Gasteiger partial charge in [-0.05, 0) is 58.7 Å². The van der Waals surface area contributed by atoms with E-state index in [-0.39, 0.29) is 11.9 Å². The molecule has 0 saturated carbocycles. The summed E-state index contributed by atoms with van der Waals surface area (Å²) in [5.74, 6) is 0.419. The second-order valence-corrected chi connectivity index (χ2v) is 10.4. The van der Waals surface area contributed by atoms with Crippen LogP contribution in [0.5, 0.6) is 5.75 Å². The van der Waals surface area contributed by atoms with Crippen LogP contribution in [0.15, 0.2) is 18.2 Å². The van der Waals surface area contributed by atoms with E-state index in [1.54, 1.807) is 12.1 Å². The SMILES string of the molecule is CCCCCCOB(OCCCCCC)Oc1ccc(F)cc1C(C)[N+](CC)(CC)CC.[CH2-]CCCCC. The Kier molecular flexibility index (Phi) is 23.1. The van der Waals surface area contributed by atoms with E-state index in [1.165, 1.54) is 51.0 Å². The number of rotatable bonds is 22. The summed E-state index contributed by atoms with van der Waals surface area (Å²) >= 11 is 0. The lowest BCUT2D eigenvalue weighted by molar-refractivity contribution is -0.950. The Morgan fingerprint density at radius 2 is 1.26 bits per heavy atom. The van der Waals surface area contributed by atoms with Gasteiger partial charge in [0.15, 0.2) is 0 Å². The first kappa shape index (κ1) is 36.9. The zero-order valence-electron chi connectivity index (χ0n) is 26.2. The van der Waals surface area contributed by atoms with Gasteiger partial charge >= 0.3 is 7.32 Å². The first-order chi connectivity index (χ1) is 18.4. The van der Waals surface area contributed by atoms with Crippen LogP contribution in [-0.4, -0.2) is 44.7 Å². The van der Waals surface area contributed by atoms with E-state index in [1.807, 2.05) is 0 Å². The summed E-state index contributed by atoms with van der Waals surface area (Å²) in [5, 5.41) is 0. The van der Waals surface area contributed by atoms with Gasteiger partial charge in [0.25, 0.3) is 0 Å². The fraction of sp³-hybridized carbons (Fsp3) is 0.781. The highest BCUT2D eigenvalue weighted by Crippen LogP contribution is 2.35. The number of hydrogen-bond acceptors (Lipinski definition) is 3. The number of quaternary nitrogens is 1. The molecule has 0 heterocycles. The molecule has 0 aliphatic rings. The Morgan fingerprint density at radius 3 is 1.68 bits per heavy atom. The molecule has 0 bridgehead atoms. The molecule has 1 atom stereocenters. The molecule has 1 aromatic rings. The van der Waals surface area contributed by atoms with Gasteiger partial charge in [-0.1, -0.05) is 78.6 Å². The van der Waals surface area contributed by atoms with E-state index >= 15 is 0 Å². The lowest BCUT2D eigenvalue weighted by Crippen LogP contribution is -2.49. The van der Waals surface area contributed by atoms with Crippen molar-refractivity contribution in [1.82, 2.24) is 0 Å². The minimum atomic E-state index is -0.763. The van der Waals surface area contributed by atoms with Crippen molar-refractivity contribution in [3.05, 3.63) is 36.5 Å². The first-order valence-electron chi connectivity index (χ1n) is 15.7. The van der Waals surface area contributed by atoms with E-state index in [0.29, 0.717) is 19.0 Å². The van der Waals surface area contributed by atoms with Crippen molar-refractivity contribution in [2.75, 3.05) is 32.8 Å². The van der Waals surface area contributed by atoms with Gasteiger partial charge in [-0.3, -0.25) is 0 Å². The summed E-state index contributed by atoms with van der Waals surface area (Å²) in [7, 11) is -0.763. The first-order valence-corrected chi connectivity index (χ1v) is 15.7. The lowest BCUT2D eigenvalue weighted by atomic mass is 10.0. The smallest absolute Gasteiger partial charge is 0.511 e. The van der Waals surface area contributed by atoms with Gasteiger partial charge in [-0.25, -0.2) is 4.39 Å². The maximum atomic E-state index is 14.3. The largest absolute Gasteiger partial charge is 0.713 e. The molecule has 0 amide bonds. The van der Waals surface area contributed by atoms with E-state index in [2.05, 4.69) is 55.4 Å². The predicted octanol–water partition coefficient (Wildman–Crippen LogP) is 9.72. The predicted molar refractivity (Wildman–Crippen MR) is 163 cm³/mol. The number of benzene rings is 1. The average Bonchev–Trinajstić information content (AvgIpc) is 2.93. The highest BCUT2D eigenvalue weighted by molar-refractivity contribution is 6.37. The van der Waals surface area contributed by atoms with Crippen molar-refractivity contribution in [1.29, 1.82) is 0 Å². The molecule has 0 fully saturated rings. The van der Waals surface area contributed by atoms with Crippen LogP contribution in [-0.2, 0) is 9.31 Å². The summed E-state index contributed by atoms with van der Waals surface area (Å²) in [6, 6.07) is 4.91. The number of hydrogen-bond donors (Lipinski definition) is 0. The molecule has 1 rings (SSSR count). The molecule has 222 valence electrons. The van der Waals surface area contributed by atoms with Gasteiger partial charge in [0.1, 0.15) is 17.6 Å². The van der Waals surface area contributed by atoms with E-state index in [4.69, 9.17) is 14.0 Å². The van der Waals surface area contributed by atoms with Crippen LogP contribution in [0.2, 0.25) is 0 Å². The maximum absolute atomic E-state index is 14.3. The van der Waals surface area contributed by atoms with Crippen LogP contribution < -0.4 is 4.65 Å². The molecule has 6 heteroatoms. The Hall–Kier alpha value is -1.11. The van der Waals surface area contributed by atoms with Crippen LogP contribution in [0.4, 0.5) is 4.39 Å². The zero-order chi connectivity index (χ0) is 28.7. The molecule has 0 N–H and O–H groups in total. The second kappa shape index (κ2) is 23.8. The third kappa shape index (κ3) is 14.9. The summed E-state index contributed by atoms with van der Waals surface area (Å²) in [6.45, 7) is 23.2. The van der Waals surface area contributed by atoms with Gasteiger partial charge < -0.3 is 25.4 Å². The zero-order valence-corrected chi connectivity index (χ0v) is 26.2. The molecule has 0 aliphatic carbocycles. The molecule has 0 spiro atoms. The Balaban J connectivity index is 0.00000203. The highest BCUT2D eigenvalue weighted by atomic mass is 19.1. The van der Waals surface area contributed by atoms with Crippen molar-refractivity contribution in [3.63, 3.8) is 0 Å². The molecule has 0 aromatic heterocycles. The fourth-order valence-corrected chi connectivity index (χ4v) is 4.80. The molecular weight excluding hydrogens is 476 g/mol. The standard InChI is InChI=1S/C26H48BFNO3.C6H13/c1-7-12-14-16-20-30-27(31-21-17-15-13-8-2)32-26-19-18-24(28)22-25(26)23(6)29(9-3,10-4)11-5;1-3-5-6-4-2/h18-19,22-23H,7-17,20-21H2,1-6H3;1,3-6H2,2H3/q+1;-1. The number of unbranched alkanes of at least 4 members (excludes halogenated alkanes) is 9. The van der Waals surface area contributed by atoms with Gasteiger partial charge in [-0.15, -0.1) is 0 Å². The van der Waals surface area contributed by atoms with Crippen molar-refractivity contribution >= 4 is 7.32 Å². The van der Waals surface area contributed by atoms with E-state index in [0.717, 1.165) is 61.8 Å². The average molecular weight is 538 g/mol. The Bertz CT molecular complexity index is 646. The van der Waals surface area contributed by atoms with Crippen molar-refractivity contribution in [2.45, 2.75) is 132 Å².